The number of benzene rings is 3. The minimum absolute atomic E-state index is 0.00244. The third-order valence-electron chi connectivity index (χ3n) is 11.7. The van der Waals surface area contributed by atoms with E-state index < -0.39 is 12.2 Å². The summed E-state index contributed by atoms with van der Waals surface area (Å²) in [5.41, 5.74) is 4.83. The zero-order valence-corrected chi connectivity index (χ0v) is 42.4. The summed E-state index contributed by atoms with van der Waals surface area (Å²) >= 11 is 0. The lowest BCUT2D eigenvalue weighted by atomic mass is 9.94. The van der Waals surface area contributed by atoms with Crippen LogP contribution in [0, 0.1) is 5.82 Å². The average molecular weight is 968 g/mol. The summed E-state index contributed by atoms with van der Waals surface area (Å²) < 4.78 is 16.3. The van der Waals surface area contributed by atoms with Crippen LogP contribution in [0.3, 0.4) is 0 Å². The number of amides is 3. The van der Waals surface area contributed by atoms with Crippen molar-refractivity contribution in [2.75, 3.05) is 38.5 Å². The molecule has 2 atom stereocenters. The molecule has 3 aromatic carbocycles. The SMILES string of the molecule is CCC=CCC=CCC=CCC=CCC=CCC=CCCC(=O)NCCN(C)CCNC(=O)CC(O)CC(O)CCn1c(-c2ccc(F)cc2)c(-c2ccccc2)c(C(=O)Nc2ccccc2)c1C(C)C. The number of hydrogen-bond acceptors (Lipinski definition) is 6. The van der Waals surface area contributed by atoms with Crippen molar-refractivity contribution in [3.05, 3.63) is 175 Å². The predicted molar refractivity (Wildman–Crippen MR) is 291 cm³/mol. The molecule has 0 aliphatic heterocycles. The molecule has 0 bridgehead atoms. The van der Waals surface area contributed by atoms with Crippen LogP contribution in [0.2, 0.25) is 0 Å². The van der Waals surface area contributed by atoms with Gasteiger partial charge in [-0.2, -0.15) is 0 Å². The lowest BCUT2D eigenvalue weighted by Gasteiger charge is -2.20. The molecule has 3 amide bonds. The van der Waals surface area contributed by atoms with Crippen LogP contribution in [0.25, 0.3) is 22.4 Å². The highest BCUT2D eigenvalue weighted by atomic mass is 19.1. The van der Waals surface area contributed by atoms with Gasteiger partial charge in [0.2, 0.25) is 11.8 Å². The Balaban J connectivity index is 1.17. The van der Waals surface area contributed by atoms with E-state index in [1.54, 1.807) is 12.1 Å². The molecule has 0 fully saturated rings. The van der Waals surface area contributed by atoms with Crippen LogP contribution in [0.4, 0.5) is 10.1 Å². The number of para-hydroxylation sites is 1. The first kappa shape index (κ1) is 57.2. The number of aliphatic hydroxyl groups excluding tert-OH is 2. The highest BCUT2D eigenvalue weighted by molar-refractivity contribution is 6.12. The van der Waals surface area contributed by atoms with Crippen molar-refractivity contribution in [3.8, 4) is 22.4 Å². The number of halogens is 1. The summed E-state index contributed by atoms with van der Waals surface area (Å²) in [5.74, 6) is -1.13. The number of allylic oxidation sites excluding steroid dienone is 12. The second-order valence-electron chi connectivity index (χ2n) is 18.0. The standard InChI is InChI=1S/C60H78FN5O5/c1-5-6-7-8-9-10-11-12-13-14-15-16-17-18-19-20-21-22-29-34-54(69)62-40-43-65(4)44-41-63-55(70)46-53(68)45-52(67)39-42-66-58(47(2)3)57(60(71)64-51-32-27-24-28-33-51)56(48-30-25-23-26-31-48)59(66)49-35-37-50(61)38-36-49/h6-7,9-10,12-13,15-16,18-19,21-28,30-33,35-38,47,52-53,67-68H,5,8,11,14,17,20,29,34,39-46H2,1-4H3,(H,62,69)(H,63,70)(H,64,71). The van der Waals surface area contributed by atoms with Gasteiger partial charge in [-0.3, -0.25) is 14.4 Å². The third kappa shape index (κ3) is 21.6. The van der Waals surface area contributed by atoms with Crippen molar-refractivity contribution in [2.45, 2.75) is 116 Å². The molecule has 380 valence electrons. The third-order valence-corrected chi connectivity index (χ3v) is 11.7. The quantitative estimate of drug-likeness (QED) is 0.0309. The number of anilines is 1. The Morgan fingerprint density at radius 3 is 1.73 bits per heavy atom. The fourth-order valence-corrected chi connectivity index (χ4v) is 8.11. The molecule has 0 aliphatic rings. The molecule has 0 radical (unpaired) electrons. The summed E-state index contributed by atoms with van der Waals surface area (Å²) in [6.45, 7) is 8.49. The van der Waals surface area contributed by atoms with Crippen molar-refractivity contribution in [1.82, 2.24) is 20.1 Å². The summed E-state index contributed by atoms with van der Waals surface area (Å²) in [6, 6.07) is 25.0. The van der Waals surface area contributed by atoms with E-state index in [4.69, 9.17) is 0 Å². The van der Waals surface area contributed by atoms with Gasteiger partial charge in [0.1, 0.15) is 5.82 Å². The van der Waals surface area contributed by atoms with Gasteiger partial charge in [0, 0.05) is 56.1 Å². The van der Waals surface area contributed by atoms with Crippen molar-refractivity contribution in [1.29, 1.82) is 0 Å². The van der Waals surface area contributed by atoms with E-state index in [-0.39, 0.29) is 55.3 Å². The fourth-order valence-electron chi connectivity index (χ4n) is 8.11. The van der Waals surface area contributed by atoms with Crippen LogP contribution in [0.5, 0.6) is 0 Å². The Labute approximate surface area is 422 Å². The van der Waals surface area contributed by atoms with E-state index in [1.807, 2.05) is 97.1 Å². The molecule has 10 nitrogen and oxygen atoms in total. The second kappa shape index (κ2) is 33.2. The number of rotatable bonds is 32. The maximum atomic E-state index is 14.3. The molecular weight excluding hydrogens is 890 g/mol. The molecule has 1 heterocycles. The van der Waals surface area contributed by atoms with E-state index >= 15 is 0 Å². The highest BCUT2D eigenvalue weighted by Gasteiger charge is 2.31. The Kier molecular flexibility index (Phi) is 26.8. The number of nitrogens with zero attached hydrogens (tertiary/aromatic N) is 2. The molecule has 2 unspecified atom stereocenters. The number of hydrogen-bond donors (Lipinski definition) is 5. The van der Waals surface area contributed by atoms with Gasteiger partial charge in [0.15, 0.2) is 0 Å². The first-order valence-corrected chi connectivity index (χ1v) is 25.4. The molecule has 11 heteroatoms. The van der Waals surface area contributed by atoms with Crippen LogP contribution < -0.4 is 16.0 Å². The van der Waals surface area contributed by atoms with Gasteiger partial charge in [-0.05, 0) is 118 Å². The normalized spacial score (nSPS) is 13.0. The smallest absolute Gasteiger partial charge is 0.258 e. The number of likely N-dealkylation sites (N-methyl/N-ethyl adjacent to an activating group) is 1. The van der Waals surface area contributed by atoms with Crippen molar-refractivity contribution < 1.29 is 29.0 Å². The van der Waals surface area contributed by atoms with Crippen LogP contribution in [-0.4, -0.2) is 82.8 Å². The zero-order valence-electron chi connectivity index (χ0n) is 42.4. The minimum Gasteiger partial charge on any atom is -0.393 e. The molecule has 0 aliphatic carbocycles. The lowest BCUT2D eigenvalue weighted by Crippen LogP contribution is -2.38. The summed E-state index contributed by atoms with van der Waals surface area (Å²) in [4.78, 5) is 41.5. The van der Waals surface area contributed by atoms with E-state index in [0.29, 0.717) is 61.4 Å². The van der Waals surface area contributed by atoms with Gasteiger partial charge in [-0.15, -0.1) is 0 Å². The first-order chi connectivity index (χ1) is 34.5. The summed E-state index contributed by atoms with van der Waals surface area (Å²) in [5, 5.41) is 31.1. The minimum atomic E-state index is -1.08. The van der Waals surface area contributed by atoms with Crippen LogP contribution in [0.15, 0.2) is 158 Å². The van der Waals surface area contributed by atoms with Gasteiger partial charge in [0.05, 0.1) is 29.9 Å². The summed E-state index contributed by atoms with van der Waals surface area (Å²) in [6.07, 6.45) is 30.8. The van der Waals surface area contributed by atoms with Gasteiger partial charge in [-0.1, -0.05) is 142 Å². The monoisotopic (exact) mass is 968 g/mol. The fraction of sp³-hybridized carbons (Fsp3) is 0.383. The Hall–Kier alpha value is -6.40. The predicted octanol–water partition coefficient (Wildman–Crippen LogP) is 11.9. The average Bonchev–Trinajstić information content (AvgIpc) is 3.70. The molecule has 71 heavy (non-hydrogen) atoms. The first-order valence-electron chi connectivity index (χ1n) is 25.4. The number of aromatic nitrogens is 1. The van der Waals surface area contributed by atoms with Crippen LogP contribution in [-0.2, 0) is 16.1 Å². The van der Waals surface area contributed by atoms with Gasteiger partial charge >= 0.3 is 0 Å². The van der Waals surface area contributed by atoms with Gasteiger partial charge < -0.3 is 35.6 Å². The Bertz CT molecular complexity index is 2370. The van der Waals surface area contributed by atoms with Gasteiger partial charge in [0.25, 0.3) is 5.91 Å². The van der Waals surface area contributed by atoms with Crippen LogP contribution in [0.1, 0.15) is 113 Å². The molecule has 4 rings (SSSR count). The Morgan fingerprint density at radius 2 is 1.18 bits per heavy atom. The molecule has 5 N–H and O–H groups in total. The van der Waals surface area contributed by atoms with Crippen LogP contribution >= 0.6 is 0 Å². The maximum absolute atomic E-state index is 14.3. The van der Waals surface area contributed by atoms with E-state index in [0.717, 1.165) is 55.5 Å². The van der Waals surface area contributed by atoms with E-state index in [2.05, 4.69) is 89.7 Å². The summed E-state index contributed by atoms with van der Waals surface area (Å²) in [7, 11) is 1.92. The van der Waals surface area contributed by atoms with Crippen molar-refractivity contribution in [3.63, 3.8) is 0 Å². The number of carbonyl (C=O) groups excluding carboxylic acids is 3. The largest absolute Gasteiger partial charge is 0.393 e. The van der Waals surface area contributed by atoms with Crippen molar-refractivity contribution >= 4 is 23.4 Å². The maximum Gasteiger partial charge on any atom is 0.258 e. The second-order valence-corrected chi connectivity index (χ2v) is 18.0. The molecule has 1 aromatic heterocycles. The van der Waals surface area contributed by atoms with Gasteiger partial charge in [-0.25, -0.2) is 4.39 Å². The topological polar surface area (TPSA) is 136 Å². The number of aliphatic hydroxyl groups is 2. The lowest BCUT2D eigenvalue weighted by molar-refractivity contribution is -0.123. The number of carbonyl (C=O) groups is 3. The number of nitrogens with one attached hydrogen (secondary N) is 3. The molecular formula is C60H78FN5O5. The van der Waals surface area contributed by atoms with Crippen molar-refractivity contribution in [2.24, 2.45) is 0 Å². The highest BCUT2D eigenvalue weighted by Crippen LogP contribution is 2.42. The zero-order chi connectivity index (χ0) is 51.1. The molecule has 0 saturated heterocycles. The molecule has 4 aromatic rings. The molecule has 0 saturated carbocycles. The van der Waals surface area contributed by atoms with E-state index in [1.165, 1.54) is 12.1 Å². The Morgan fingerprint density at radius 1 is 0.662 bits per heavy atom. The van der Waals surface area contributed by atoms with E-state index in [9.17, 15) is 29.0 Å². The molecule has 0 spiro atoms.